The van der Waals surface area contributed by atoms with Gasteiger partial charge in [0.25, 0.3) is 5.69 Å². The Morgan fingerprint density at radius 2 is 2.24 bits per heavy atom. The van der Waals surface area contributed by atoms with E-state index in [0.717, 1.165) is 18.9 Å². The number of carbonyl (C=O) groups excluding carboxylic acids is 1. The number of rotatable bonds is 6. The minimum absolute atomic E-state index is 0.152. The highest BCUT2D eigenvalue weighted by atomic mass is 35.5. The monoisotopic (exact) mass is 333 g/mol. The van der Waals surface area contributed by atoms with E-state index in [0.29, 0.717) is 17.1 Å². The van der Waals surface area contributed by atoms with Crippen LogP contribution in [0.15, 0.2) is 17.0 Å². The van der Waals surface area contributed by atoms with Crippen molar-refractivity contribution in [3.63, 3.8) is 0 Å². The van der Waals surface area contributed by atoms with Crippen molar-refractivity contribution >= 4 is 35.0 Å². The molecule has 21 heavy (non-hydrogen) atoms. The lowest BCUT2D eigenvalue weighted by Crippen LogP contribution is -2.13. The van der Waals surface area contributed by atoms with Crippen molar-refractivity contribution in [2.45, 2.75) is 24.2 Å². The van der Waals surface area contributed by atoms with Crippen LogP contribution in [0.4, 0.5) is 10.1 Å². The number of esters is 1. The molecule has 0 spiro atoms. The average molecular weight is 334 g/mol. The summed E-state index contributed by atoms with van der Waals surface area (Å²) in [5.41, 5.74) is -0.484. The number of halogens is 2. The Labute approximate surface area is 130 Å². The van der Waals surface area contributed by atoms with E-state index in [1.54, 1.807) is 0 Å². The Morgan fingerprint density at radius 1 is 1.57 bits per heavy atom. The maximum Gasteiger partial charge on any atom is 0.306 e. The number of thioether (sulfide) groups is 1. The highest BCUT2D eigenvalue weighted by molar-refractivity contribution is 7.99. The van der Waals surface area contributed by atoms with Crippen LogP contribution in [-0.2, 0) is 9.53 Å². The van der Waals surface area contributed by atoms with Gasteiger partial charge in [0.15, 0.2) is 0 Å². The number of ether oxygens (including phenoxy) is 1. The van der Waals surface area contributed by atoms with Crippen LogP contribution in [0.1, 0.15) is 19.3 Å². The molecule has 1 aliphatic carbocycles. The summed E-state index contributed by atoms with van der Waals surface area (Å²) in [6.45, 7) is 0. The molecule has 8 heteroatoms. The number of carbonyl (C=O) groups is 1. The zero-order valence-electron chi connectivity index (χ0n) is 11.2. The number of nitro groups is 1. The van der Waals surface area contributed by atoms with Crippen molar-refractivity contribution < 1.29 is 18.8 Å². The summed E-state index contributed by atoms with van der Waals surface area (Å²) in [6.07, 6.45) is 2.04. The first kappa shape index (κ1) is 16.0. The third kappa shape index (κ3) is 3.85. The number of methoxy groups -OCH3 is 1. The summed E-state index contributed by atoms with van der Waals surface area (Å²) in [6, 6.07) is 2.08. The molecule has 114 valence electrons. The quantitative estimate of drug-likeness (QED) is 0.342. The Hall–Kier alpha value is -1.34. The molecule has 1 aliphatic rings. The topological polar surface area (TPSA) is 69.4 Å². The number of nitrogens with zero attached hydrogens (tertiary/aromatic N) is 1. The van der Waals surface area contributed by atoms with Gasteiger partial charge in [0.1, 0.15) is 5.82 Å². The smallest absolute Gasteiger partial charge is 0.306 e. The predicted molar refractivity (Wildman–Crippen MR) is 77.1 cm³/mol. The van der Waals surface area contributed by atoms with Crippen molar-refractivity contribution in [2.75, 3.05) is 12.9 Å². The van der Waals surface area contributed by atoms with E-state index in [1.807, 2.05) is 0 Å². The largest absolute Gasteiger partial charge is 0.469 e. The van der Waals surface area contributed by atoms with Crippen LogP contribution < -0.4 is 0 Å². The first-order valence-electron chi connectivity index (χ1n) is 6.20. The zero-order valence-corrected chi connectivity index (χ0v) is 12.8. The van der Waals surface area contributed by atoms with Crippen molar-refractivity contribution in [1.29, 1.82) is 0 Å². The molecule has 0 aromatic heterocycles. The number of hydrogen-bond acceptors (Lipinski definition) is 5. The molecule has 1 saturated carbocycles. The van der Waals surface area contributed by atoms with E-state index >= 15 is 0 Å². The molecule has 5 nitrogen and oxygen atoms in total. The molecule has 0 N–H and O–H groups in total. The van der Waals surface area contributed by atoms with Gasteiger partial charge in [-0.3, -0.25) is 14.9 Å². The maximum atomic E-state index is 13.3. The van der Waals surface area contributed by atoms with Gasteiger partial charge >= 0.3 is 5.97 Å². The number of nitro benzene ring substituents is 1. The van der Waals surface area contributed by atoms with E-state index in [2.05, 4.69) is 4.74 Å². The van der Waals surface area contributed by atoms with E-state index in [9.17, 15) is 19.3 Å². The predicted octanol–water partition coefficient (Wildman–Crippen LogP) is 3.82. The average Bonchev–Trinajstić information content (AvgIpc) is 3.19. The molecule has 0 radical (unpaired) electrons. The van der Waals surface area contributed by atoms with Crippen molar-refractivity contribution in [3.8, 4) is 0 Å². The molecule has 0 heterocycles. The van der Waals surface area contributed by atoms with Crippen LogP contribution >= 0.6 is 23.4 Å². The fourth-order valence-electron chi connectivity index (χ4n) is 1.93. The lowest BCUT2D eigenvalue weighted by Gasteiger charge is -2.13. The fourth-order valence-corrected chi connectivity index (χ4v) is 3.50. The molecule has 0 bridgehead atoms. The van der Waals surface area contributed by atoms with Crippen molar-refractivity contribution in [1.82, 2.24) is 0 Å². The third-order valence-corrected chi connectivity index (χ3v) is 5.12. The van der Waals surface area contributed by atoms with E-state index in [4.69, 9.17) is 11.6 Å². The van der Waals surface area contributed by atoms with Gasteiger partial charge < -0.3 is 4.74 Å². The van der Waals surface area contributed by atoms with Gasteiger partial charge in [0.05, 0.1) is 34.4 Å². The van der Waals surface area contributed by atoms with Gasteiger partial charge in [-0.2, -0.15) is 0 Å². The Morgan fingerprint density at radius 3 is 2.76 bits per heavy atom. The molecule has 0 saturated heterocycles. The van der Waals surface area contributed by atoms with Crippen LogP contribution in [-0.4, -0.2) is 23.8 Å². The highest BCUT2D eigenvalue weighted by Gasteiger charge is 2.44. The number of benzene rings is 1. The van der Waals surface area contributed by atoms with Gasteiger partial charge in [-0.15, -0.1) is 11.8 Å². The molecule has 1 fully saturated rings. The summed E-state index contributed by atoms with van der Waals surface area (Å²) < 4.78 is 18.0. The summed E-state index contributed by atoms with van der Waals surface area (Å²) >= 11 is 6.90. The Kier molecular flexibility index (Phi) is 4.73. The maximum absolute atomic E-state index is 13.3. The van der Waals surface area contributed by atoms with E-state index in [1.165, 1.54) is 24.9 Å². The Balaban J connectivity index is 2.11. The second-order valence-corrected chi connectivity index (χ2v) is 6.46. The second kappa shape index (κ2) is 6.19. The van der Waals surface area contributed by atoms with Crippen LogP contribution in [0.3, 0.4) is 0 Å². The SMILES string of the molecule is COC(=O)CC1(CSc2cc(Cl)c(F)cc2[N+](=O)[O-])CC1. The van der Waals surface area contributed by atoms with Crippen LogP contribution in [0.2, 0.25) is 5.02 Å². The van der Waals surface area contributed by atoms with Crippen LogP contribution in [0.5, 0.6) is 0 Å². The molecule has 1 aromatic carbocycles. The standard InChI is InChI=1S/C13H13ClFNO4S/c1-20-12(17)6-13(2-3-13)7-21-11-4-8(14)9(15)5-10(11)16(18)19/h4-5H,2-3,6-7H2,1H3. The molecule has 0 amide bonds. The third-order valence-electron chi connectivity index (χ3n) is 3.44. The van der Waals surface area contributed by atoms with Gasteiger partial charge in [-0.05, 0) is 24.3 Å². The van der Waals surface area contributed by atoms with Gasteiger partial charge in [0, 0.05) is 5.75 Å². The molecule has 1 aromatic rings. The van der Waals surface area contributed by atoms with Crippen LogP contribution in [0, 0.1) is 21.3 Å². The Bertz CT molecular complexity index is 592. The zero-order chi connectivity index (χ0) is 15.6. The van der Waals surface area contributed by atoms with Gasteiger partial charge in [0.2, 0.25) is 0 Å². The molecule has 2 rings (SSSR count). The van der Waals surface area contributed by atoms with E-state index < -0.39 is 10.7 Å². The summed E-state index contributed by atoms with van der Waals surface area (Å²) in [7, 11) is 1.33. The lowest BCUT2D eigenvalue weighted by atomic mass is 10.1. The second-order valence-electron chi connectivity index (χ2n) is 5.03. The minimum atomic E-state index is -0.816. The normalized spacial score (nSPS) is 15.6. The first-order valence-corrected chi connectivity index (χ1v) is 7.56. The van der Waals surface area contributed by atoms with Crippen molar-refractivity contribution in [2.24, 2.45) is 5.41 Å². The highest BCUT2D eigenvalue weighted by Crippen LogP contribution is 2.53. The summed E-state index contributed by atoms with van der Waals surface area (Å²) in [4.78, 5) is 22.0. The van der Waals surface area contributed by atoms with Gasteiger partial charge in [-0.25, -0.2) is 4.39 Å². The first-order chi connectivity index (χ1) is 9.87. The minimum Gasteiger partial charge on any atom is -0.469 e. The molecule has 0 unspecified atom stereocenters. The van der Waals surface area contributed by atoms with Crippen LogP contribution in [0.25, 0.3) is 0 Å². The van der Waals surface area contributed by atoms with Gasteiger partial charge in [-0.1, -0.05) is 11.6 Å². The molecule has 0 atom stereocenters. The fraction of sp³-hybridized carbons (Fsp3) is 0.462. The lowest BCUT2D eigenvalue weighted by molar-refractivity contribution is -0.387. The molecular weight excluding hydrogens is 321 g/mol. The number of hydrogen-bond donors (Lipinski definition) is 0. The van der Waals surface area contributed by atoms with Crippen molar-refractivity contribution in [3.05, 3.63) is 33.1 Å². The summed E-state index contributed by atoms with van der Waals surface area (Å²) in [5, 5.41) is 10.8. The molecular formula is C13H13ClFNO4S. The summed E-state index contributed by atoms with van der Waals surface area (Å²) in [5.74, 6) is -0.576. The molecule has 0 aliphatic heterocycles. The van der Waals surface area contributed by atoms with E-state index in [-0.39, 0.29) is 22.1 Å².